The van der Waals surface area contributed by atoms with E-state index in [1.807, 2.05) is 6.92 Å². The fourth-order valence-electron chi connectivity index (χ4n) is 1.53. The molecule has 0 aliphatic carbocycles. The third-order valence-electron chi connectivity index (χ3n) is 2.38. The predicted octanol–water partition coefficient (Wildman–Crippen LogP) is 0.445. The molecule has 0 radical (unpaired) electrons. The maximum absolute atomic E-state index is 12.0. The normalized spacial score (nSPS) is 11.1. The third kappa shape index (κ3) is 5.27. The van der Waals surface area contributed by atoms with Gasteiger partial charge in [0.2, 0.25) is 10.0 Å². The molecule has 19 heavy (non-hydrogen) atoms. The van der Waals surface area contributed by atoms with Crippen molar-refractivity contribution in [3.63, 3.8) is 0 Å². The number of nitrogens with two attached hydrogens (primary N) is 1. The number of sulfonamides is 1. The van der Waals surface area contributed by atoms with Crippen molar-refractivity contribution < 1.29 is 13.2 Å². The second-order valence-corrected chi connectivity index (χ2v) is 6.07. The zero-order valence-electron chi connectivity index (χ0n) is 11.1. The fraction of sp³-hybridized carbons (Fsp3) is 0.417. The summed E-state index contributed by atoms with van der Waals surface area (Å²) in [7, 11) is -3.42. The van der Waals surface area contributed by atoms with Crippen LogP contribution in [0.25, 0.3) is 0 Å². The van der Waals surface area contributed by atoms with Crippen LogP contribution in [-0.2, 0) is 10.0 Å². The highest BCUT2D eigenvalue weighted by Crippen LogP contribution is 2.18. The van der Waals surface area contributed by atoms with E-state index in [0.717, 1.165) is 11.8 Å². The Balaban J connectivity index is 2.97. The summed E-state index contributed by atoms with van der Waals surface area (Å²) in [5, 5.41) is 2.70. The molecule has 0 aliphatic rings. The van der Waals surface area contributed by atoms with Crippen molar-refractivity contribution in [2.75, 3.05) is 24.1 Å². The van der Waals surface area contributed by atoms with E-state index in [-0.39, 0.29) is 11.6 Å². The first kappa shape index (κ1) is 15.5. The second kappa shape index (κ2) is 6.53. The van der Waals surface area contributed by atoms with Crippen LogP contribution in [0.4, 0.5) is 5.69 Å². The fourth-order valence-corrected chi connectivity index (χ4v) is 2.11. The number of hydrogen-bond acceptors (Lipinski definition) is 4. The summed E-state index contributed by atoms with van der Waals surface area (Å²) in [4.78, 5) is 12.0. The van der Waals surface area contributed by atoms with E-state index in [4.69, 9.17) is 5.73 Å². The van der Waals surface area contributed by atoms with Crippen molar-refractivity contribution in [3.8, 4) is 0 Å². The molecule has 1 amide bonds. The van der Waals surface area contributed by atoms with Gasteiger partial charge in [0.05, 0.1) is 17.5 Å². The molecule has 0 spiro atoms. The van der Waals surface area contributed by atoms with Crippen LogP contribution in [0, 0.1) is 6.92 Å². The van der Waals surface area contributed by atoms with Crippen LogP contribution < -0.4 is 15.8 Å². The molecule has 1 aromatic rings. The van der Waals surface area contributed by atoms with E-state index in [2.05, 4.69) is 10.0 Å². The maximum atomic E-state index is 12.0. The molecule has 0 saturated heterocycles. The Morgan fingerprint density at radius 1 is 1.37 bits per heavy atom. The highest BCUT2D eigenvalue weighted by atomic mass is 32.2. The van der Waals surface area contributed by atoms with Gasteiger partial charge in [-0.3, -0.25) is 9.52 Å². The van der Waals surface area contributed by atoms with Gasteiger partial charge in [-0.1, -0.05) is 11.6 Å². The molecule has 1 aromatic carbocycles. The van der Waals surface area contributed by atoms with Crippen molar-refractivity contribution in [3.05, 3.63) is 29.3 Å². The monoisotopic (exact) mass is 285 g/mol. The minimum atomic E-state index is -3.42. The van der Waals surface area contributed by atoms with E-state index >= 15 is 0 Å². The molecule has 0 aromatic heterocycles. The highest BCUT2D eigenvalue weighted by molar-refractivity contribution is 7.92. The molecule has 0 saturated carbocycles. The molecule has 0 unspecified atom stereocenters. The van der Waals surface area contributed by atoms with Gasteiger partial charge in [0, 0.05) is 6.54 Å². The van der Waals surface area contributed by atoms with Crippen LogP contribution in [0.5, 0.6) is 0 Å². The largest absolute Gasteiger partial charge is 0.352 e. The summed E-state index contributed by atoms with van der Waals surface area (Å²) in [5.74, 6) is -0.316. The van der Waals surface area contributed by atoms with Gasteiger partial charge < -0.3 is 11.1 Å². The zero-order valence-corrected chi connectivity index (χ0v) is 11.9. The lowest BCUT2D eigenvalue weighted by Gasteiger charge is -2.11. The molecule has 0 fully saturated rings. The van der Waals surface area contributed by atoms with E-state index < -0.39 is 10.0 Å². The Bertz CT molecular complexity index is 555. The lowest BCUT2D eigenvalue weighted by molar-refractivity contribution is 0.0954. The summed E-state index contributed by atoms with van der Waals surface area (Å²) < 4.78 is 24.9. The summed E-state index contributed by atoms with van der Waals surface area (Å²) in [6.07, 6.45) is 1.72. The molecule has 6 nitrogen and oxygen atoms in total. The second-order valence-electron chi connectivity index (χ2n) is 4.32. The van der Waals surface area contributed by atoms with Crippen LogP contribution in [0.1, 0.15) is 22.3 Å². The van der Waals surface area contributed by atoms with E-state index in [1.54, 1.807) is 18.2 Å². The molecule has 4 N–H and O–H groups in total. The quantitative estimate of drug-likeness (QED) is 0.660. The number of amides is 1. The van der Waals surface area contributed by atoms with Crippen LogP contribution in [0.2, 0.25) is 0 Å². The van der Waals surface area contributed by atoms with Gasteiger partial charge in [-0.25, -0.2) is 8.42 Å². The first-order valence-corrected chi connectivity index (χ1v) is 7.79. The Kier molecular flexibility index (Phi) is 5.31. The number of hydrogen-bond donors (Lipinski definition) is 3. The van der Waals surface area contributed by atoms with Gasteiger partial charge >= 0.3 is 0 Å². The van der Waals surface area contributed by atoms with E-state index in [1.165, 1.54) is 0 Å². The Morgan fingerprint density at radius 3 is 2.63 bits per heavy atom. The smallest absolute Gasteiger partial charge is 0.253 e. The van der Waals surface area contributed by atoms with Crippen molar-refractivity contribution >= 4 is 21.6 Å². The van der Waals surface area contributed by atoms with E-state index in [0.29, 0.717) is 25.1 Å². The molecule has 0 bridgehead atoms. The SMILES string of the molecule is Cc1ccc(NS(C)(=O)=O)c(C(=O)NCCCN)c1. The van der Waals surface area contributed by atoms with Crippen molar-refractivity contribution in [1.29, 1.82) is 0 Å². The lowest BCUT2D eigenvalue weighted by Crippen LogP contribution is -2.27. The molecular formula is C12H19N3O3S. The van der Waals surface area contributed by atoms with Gasteiger partial charge in [0.15, 0.2) is 0 Å². The number of carbonyl (C=O) groups is 1. The molecule has 0 aliphatic heterocycles. The number of rotatable bonds is 6. The summed E-state index contributed by atoms with van der Waals surface area (Å²) in [5.41, 5.74) is 6.81. The minimum Gasteiger partial charge on any atom is -0.352 e. The number of anilines is 1. The third-order valence-corrected chi connectivity index (χ3v) is 2.97. The summed E-state index contributed by atoms with van der Waals surface area (Å²) in [6.45, 7) is 2.78. The topological polar surface area (TPSA) is 101 Å². The molecular weight excluding hydrogens is 266 g/mol. The zero-order chi connectivity index (χ0) is 14.5. The molecule has 7 heteroatoms. The van der Waals surface area contributed by atoms with Crippen LogP contribution in [0.3, 0.4) is 0 Å². The van der Waals surface area contributed by atoms with Gasteiger partial charge in [0.1, 0.15) is 0 Å². The summed E-state index contributed by atoms with van der Waals surface area (Å²) in [6, 6.07) is 4.96. The summed E-state index contributed by atoms with van der Waals surface area (Å²) >= 11 is 0. The molecule has 1 rings (SSSR count). The first-order valence-electron chi connectivity index (χ1n) is 5.90. The Hall–Kier alpha value is -1.60. The molecule has 0 atom stereocenters. The van der Waals surface area contributed by atoms with Gasteiger partial charge in [-0.2, -0.15) is 0 Å². The maximum Gasteiger partial charge on any atom is 0.253 e. The molecule has 106 valence electrons. The van der Waals surface area contributed by atoms with Gasteiger partial charge in [0.25, 0.3) is 5.91 Å². The van der Waals surface area contributed by atoms with Crippen LogP contribution >= 0.6 is 0 Å². The van der Waals surface area contributed by atoms with Gasteiger partial charge in [-0.15, -0.1) is 0 Å². The van der Waals surface area contributed by atoms with E-state index in [9.17, 15) is 13.2 Å². The lowest BCUT2D eigenvalue weighted by atomic mass is 10.1. The van der Waals surface area contributed by atoms with Crippen molar-refractivity contribution in [2.24, 2.45) is 5.73 Å². The standard InChI is InChI=1S/C12H19N3O3S/c1-9-4-5-11(15-19(2,17)18)10(8-9)12(16)14-7-3-6-13/h4-5,8,15H,3,6-7,13H2,1-2H3,(H,14,16). The Morgan fingerprint density at radius 2 is 2.05 bits per heavy atom. The number of carbonyl (C=O) groups excluding carboxylic acids is 1. The molecule has 0 heterocycles. The highest BCUT2D eigenvalue weighted by Gasteiger charge is 2.13. The predicted molar refractivity (Wildman–Crippen MR) is 75.7 cm³/mol. The Labute approximate surface area is 113 Å². The minimum absolute atomic E-state index is 0.276. The van der Waals surface area contributed by atoms with Crippen molar-refractivity contribution in [1.82, 2.24) is 5.32 Å². The number of benzene rings is 1. The number of nitrogens with one attached hydrogen (secondary N) is 2. The average molecular weight is 285 g/mol. The average Bonchev–Trinajstić information content (AvgIpc) is 2.30. The van der Waals surface area contributed by atoms with Crippen LogP contribution in [-0.4, -0.2) is 33.7 Å². The van der Waals surface area contributed by atoms with Crippen LogP contribution in [0.15, 0.2) is 18.2 Å². The number of aryl methyl sites for hydroxylation is 1. The van der Waals surface area contributed by atoms with Crippen molar-refractivity contribution in [2.45, 2.75) is 13.3 Å². The first-order chi connectivity index (χ1) is 8.83. The van der Waals surface area contributed by atoms with Gasteiger partial charge in [-0.05, 0) is 32.0 Å².